The molecule has 2 aromatic heterocycles. The lowest BCUT2D eigenvalue weighted by molar-refractivity contribution is 0.0956. The van der Waals surface area contributed by atoms with E-state index in [1.165, 1.54) is 0 Å². The third-order valence-corrected chi connectivity index (χ3v) is 3.06. The van der Waals surface area contributed by atoms with Crippen LogP contribution in [0.15, 0.2) is 36.8 Å². The highest BCUT2D eigenvalue weighted by molar-refractivity contribution is 5.97. The number of aryl methyl sites for hydroxylation is 1. The van der Waals surface area contributed by atoms with Gasteiger partial charge in [0.1, 0.15) is 5.69 Å². The first-order chi connectivity index (χ1) is 9.67. The molecule has 2 heterocycles. The highest BCUT2D eigenvalue weighted by Gasteiger charge is 2.08. The summed E-state index contributed by atoms with van der Waals surface area (Å²) < 4.78 is 3.49. The minimum Gasteiger partial charge on any atom is -0.352 e. The van der Waals surface area contributed by atoms with Crippen molar-refractivity contribution in [3.8, 4) is 5.69 Å². The highest BCUT2D eigenvalue weighted by Crippen LogP contribution is 2.17. The topological polar surface area (TPSA) is 64.7 Å². The molecule has 102 valence electrons. The van der Waals surface area contributed by atoms with E-state index in [0.29, 0.717) is 12.1 Å². The van der Waals surface area contributed by atoms with Gasteiger partial charge in [-0.15, -0.1) is 0 Å². The van der Waals surface area contributed by atoms with E-state index in [2.05, 4.69) is 15.5 Å². The van der Waals surface area contributed by atoms with E-state index in [1.807, 2.05) is 38.5 Å². The third-order valence-electron chi connectivity index (χ3n) is 3.06. The molecule has 6 nitrogen and oxygen atoms in total. The van der Waals surface area contributed by atoms with E-state index in [9.17, 15) is 4.79 Å². The number of aromatic nitrogens is 4. The molecule has 6 heteroatoms. The maximum absolute atomic E-state index is 11.8. The number of rotatable bonds is 3. The molecular weight excluding hydrogens is 254 g/mol. The van der Waals surface area contributed by atoms with E-state index < -0.39 is 0 Å². The number of carbonyl (C=O) groups is 1. The second kappa shape index (κ2) is 4.80. The van der Waals surface area contributed by atoms with Crippen LogP contribution in [0.25, 0.3) is 16.6 Å². The Kier molecular flexibility index (Phi) is 2.98. The van der Waals surface area contributed by atoms with E-state index >= 15 is 0 Å². The van der Waals surface area contributed by atoms with Crippen LogP contribution in [0.2, 0.25) is 0 Å². The van der Waals surface area contributed by atoms with Gasteiger partial charge in [0.2, 0.25) is 0 Å². The fourth-order valence-corrected chi connectivity index (χ4v) is 2.09. The summed E-state index contributed by atoms with van der Waals surface area (Å²) in [6, 6.07) is 5.49. The number of hydrogen-bond donors (Lipinski definition) is 1. The van der Waals surface area contributed by atoms with Crippen molar-refractivity contribution in [3.63, 3.8) is 0 Å². The summed E-state index contributed by atoms with van der Waals surface area (Å²) in [5, 5.41) is 12.3. The molecule has 1 amide bonds. The van der Waals surface area contributed by atoms with Crippen molar-refractivity contribution in [3.05, 3.63) is 42.4 Å². The van der Waals surface area contributed by atoms with Crippen LogP contribution in [0.4, 0.5) is 0 Å². The predicted octanol–water partition coefficient (Wildman–Crippen LogP) is 1.51. The molecule has 3 aromatic rings. The zero-order valence-corrected chi connectivity index (χ0v) is 11.4. The van der Waals surface area contributed by atoms with Crippen molar-refractivity contribution in [1.82, 2.24) is 24.9 Å². The average Bonchev–Trinajstić information content (AvgIpc) is 3.03. The normalized spacial score (nSPS) is 10.9. The van der Waals surface area contributed by atoms with Crippen molar-refractivity contribution in [2.24, 2.45) is 7.05 Å². The molecule has 3 rings (SSSR count). The molecule has 0 saturated carbocycles. The molecule has 0 unspecified atom stereocenters. The molecule has 0 aliphatic rings. The monoisotopic (exact) mass is 269 g/mol. The molecular formula is C14H15N5O. The van der Waals surface area contributed by atoms with Gasteiger partial charge in [-0.1, -0.05) is 0 Å². The van der Waals surface area contributed by atoms with Crippen LogP contribution >= 0.6 is 0 Å². The van der Waals surface area contributed by atoms with Crippen LogP contribution in [0.1, 0.15) is 17.3 Å². The number of nitrogens with one attached hydrogen (secondary N) is 1. The number of benzene rings is 1. The van der Waals surface area contributed by atoms with Crippen molar-refractivity contribution in [2.45, 2.75) is 6.92 Å². The fourth-order valence-electron chi connectivity index (χ4n) is 2.09. The molecule has 0 radical (unpaired) electrons. The van der Waals surface area contributed by atoms with Gasteiger partial charge in [0.25, 0.3) is 5.91 Å². The summed E-state index contributed by atoms with van der Waals surface area (Å²) in [5.74, 6) is -0.0662. The second-order valence-corrected chi connectivity index (χ2v) is 4.58. The number of hydrogen-bond acceptors (Lipinski definition) is 3. The van der Waals surface area contributed by atoms with Crippen LogP contribution < -0.4 is 5.32 Å². The van der Waals surface area contributed by atoms with Crippen molar-refractivity contribution >= 4 is 16.8 Å². The maximum atomic E-state index is 11.8. The second-order valence-electron chi connectivity index (χ2n) is 4.58. The first-order valence-electron chi connectivity index (χ1n) is 6.44. The quantitative estimate of drug-likeness (QED) is 0.783. The van der Waals surface area contributed by atoms with Gasteiger partial charge in [0.15, 0.2) is 0 Å². The van der Waals surface area contributed by atoms with Crippen LogP contribution in [0.5, 0.6) is 0 Å². The molecule has 1 N–H and O–H groups in total. The Morgan fingerprint density at radius 2 is 2.20 bits per heavy atom. The van der Waals surface area contributed by atoms with Gasteiger partial charge < -0.3 is 5.32 Å². The summed E-state index contributed by atoms with van der Waals surface area (Å²) in [6.07, 6.45) is 5.53. The lowest BCUT2D eigenvalue weighted by atomic mass is 10.1. The fraction of sp³-hybridized carbons (Fsp3) is 0.214. The van der Waals surface area contributed by atoms with Gasteiger partial charge in [0, 0.05) is 30.7 Å². The standard InChI is InChI=1S/C14H15N5O/c1-3-15-14(20)10-4-5-13-11(6-10)8-19(17-13)12-7-16-18(2)9-12/h4-9H,3H2,1-2H3,(H,15,20). The van der Waals surface area contributed by atoms with Gasteiger partial charge in [-0.3, -0.25) is 9.48 Å². The van der Waals surface area contributed by atoms with Gasteiger partial charge >= 0.3 is 0 Å². The van der Waals surface area contributed by atoms with Gasteiger partial charge in [-0.2, -0.15) is 10.2 Å². The zero-order valence-electron chi connectivity index (χ0n) is 11.4. The molecule has 0 saturated heterocycles. The zero-order chi connectivity index (χ0) is 14.1. The summed E-state index contributed by atoms with van der Waals surface area (Å²) in [5.41, 5.74) is 2.38. The summed E-state index contributed by atoms with van der Waals surface area (Å²) >= 11 is 0. The van der Waals surface area contributed by atoms with Crippen molar-refractivity contribution in [2.75, 3.05) is 6.54 Å². The minimum atomic E-state index is -0.0662. The van der Waals surface area contributed by atoms with Crippen molar-refractivity contribution < 1.29 is 4.79 Å². The Bertz CT molecular complexity index is 771. The highest BCUT2D eigenvalue weighted by atomic mass is 16.1. The Morgan fingerprint density at radius 3 is 2.90 bits per heavy atom. The van der Waals surface area contributed by atoms with Crippen LogP contribution in [-0.4, -0.2) is 32.0 Å². The van der Waals surface area contributed by atoms with Crippen molar-refractivity contribution in [1.29, 1.82) is 0 Å². The Labute approximate surface area is 116 Å². The summed E-state index contributed by atoms with van der Waals surface area (Å²) in [7, 11) is 1.86. The SMILES string of the molecule is CCNC(=O)c1ccc2nn(-c3cnn(C)c3)cc2c1. The Balaban J connectivity index is 2.01. The number of fused-ring (bicyclic) bond motifs is 1. The van der Waals surface area contributed by atoms with E-state index in [-0.39, 0.29) is 5.91 Å². The smallest absolute Gasteiger partial charge is 0.251 e. The maximum Gasteiger partial charge on any atom is 0.251 e. The average molecular weight is 269 g/mol. The first kappa shape index (κ1) is 12.4. The van der Waals surface area contributed by atoms with Crippen LogP contribution in [0, 0.1) is 0 Å². The molecule has 0 atom stereocenters. The molecule has 1 aromatic carbocycles. The first-order valence-corrected chi connectivity index (χ1v) is 6.44. The molecule has 0 aliphatic carbocycles. The molecule has 0 fully saturated rings. The van der Waals surface area contributed by atoms with Crippen LogP contribution in [0.3, 0.4) is 0 Å². The summed E-state index contributed by atoms with van der Waals surface area (Å²) in [6.45, 7) is 2.52. The van der Waals surface area contributed by atoms with Gasteiger partial charge in [-0.25, -0.2) is 4.68 Å². The van der Waals surface area contributed by atoms with Gasteiger partial charge in [0.05, 0.1) is 17.9 Å². The predicted molar refractivity (Wildman–Crippen MR) is 75.8 cm³/mol. The lowest BCUT2D eigenvalue weighted by Gasteiger charge is -2.00. The number of nitrogens with zero attached hydrogens (tertiary/aromatic N) is 4. The minimum absolute atomic E-state index is 0.0662. The number of amides is 1. The third kappa shape index (κ3) is 2.16. The van der Waals surface area contributed by atoms with Gasteiger partial charge in [-0.05, 0) is 25.1 Å². The molecule has 0 bridgehead atoms. The number of carbonyl (C=O) groups excluding carboxylic acids is 1. The van der Waals surface area contributed by atoms with E-state index in [0.717, 1.165) is 16.6 Å². The molecule has 0 aliphatic heterocycles. The Hall–Kier alpha value is -2.63. The van der Waals surface area contributed by atoms with E-state index in [1.54, 1.807) is 21.6 Å². The molecule has 20 heavy (non-hydrogen) atoms. The van der Waals surface area contributed by atoms with Crippen LogP contribution in [-0.2, 0) is 7.05 Å². The summed E-state index contributed by atoms with van der Waals surface area (Å²) in [4.78, 5) is 11.8. The largest absolute Gasteiger partial charge is 0.352 e. The molecule has 0 spiro atoms. The lowest BCUT2D eigenvalue weighted by Crippen LogP contribution is -2.22. The Morgan fingerprint density at radius 1 is 1.35 bits per heavy atom. The van der Waals surface area contributed by atoms with E-state index in [4.69, 9.17) is 0 Å².